The molecule has 0 unspecified atom stereocenters. The van der Waals surface area contributed by atoms with E-state index >= 15 is 0 Å². The quantitative estimate of drug-likeness (QED) is 0.797. The molecule has 0 saturated carbocycles. The van der Waals surface area contributed by atoms with Crippen molar-refractivity contribution in [2.75, 3.05) is 32.7 Å². The molecule has 4 nitrogen and oxygen atoms in total. The van der Waals surface area contributed by atoms with Gasteiger partial charge in [-0.25, -0.2) is 0 Å². The van der Waals surface area contributed by atoms with E-state index in [0.29, 0.717) is 26.2 Å². The molecule has 0 aromatic carbocycles. The van der Waals surface area contributed by atoms with Gasteiger partial charge in [-0.3, -0.25) is 9.80 Å². The van der Waals surface area contributed by atoms with Crippen LogP contribution in [0.4, 0.5) is 13.2 Å². The summed E-state index contributed by atoms with van der Waals surface area (Å²) in [6.07, 6.45) is -6.85. The van der Waals surface area contributed by atoms with Crippen LogP contribution in [-0.2, 0) is 0 Å². The molecule has 0 amide bonds. The Bertz CT molecular complexity index is 292. The summed E-state index contributed by atoms with van der Waals surface area (Å²) < 4.78 is 36.8. The number of aliphatic hydroxyl groups excluding tert-OH is 1. The van der Waals surface area contributed by atoms with E-state index in [1.54, 1.807) is 18.7 Å². The van der Waals surface area contributed by atoms with Crippen molar-refractivity contribution >= 4 is 0 Å². The van der Waals surface area contributed by atoms with Crippen molar-refractivity contribution in [2.24, 2.45) is 0 Å². The maximum absolute atomic E-state index is 12.3. The van der Waals surface area contributed by atoms with Crippen LogP contribution >= 0.6 is 0 Å². The second-order valence-corrected chi connectivity index (χ2v) is 5.95. The molecule has 0 aromatic rings. The number of nitrogens with zero attached hydrogens (tertiary/aromatic N) is 2. The molecule has 0 aromatic heterocycles. The van der Waals surface area contributed by atoms with E-state index in [4.69, 9.17) is 5.11 Å². The third-order valence-electron chi connectivity index (χ3n) is 3.25. The predicted molar refractivity (Wildman–Crippen MR) is 65.8 cm³/mol. The van der Waals surface area contributed by atoms with Gasteiger partial charge in [-0.1, -0.05) is 0 Å². The lowest BCUT2D eigenvalue weighted by atomic mass is 10.1. The second kappa shape index (κ2) is 5.95. The highest BCUT2D eigenvalue weighted by molar-refractivity contribution is 4.84. The molecule has 7 heteroatoms. The van der Waals surface area contributed by atoms with E-state index in [2.05, 4.69) is 4.90 Å². The van der Waals surface area contributed by atoms with E-state index in [1.807, 2.05) is 6.92 Å². The molecule has 0 radical (unpaired) electrons. The van der Waals surface area contributed by atoms with Crippen LogP contribution in [0.15, 0.2) is 0 Å². The Hall–Kier alpha value is -0.370. The Morgan fingerprint density at radius 1 is 1.26 bits per heavy atom. The molecule has 114 valence electrons. The Morgan fingerprint density at radius 2 is 1.84 bits per heavy atom. The number of β-amino-alcohol motifs (C(OH)–C–C–N with tert-alkyl or cyclic N) is 2. The van der Waals surface area contributed by atoms with E-state index in [0.717, 1.165) is 0 Å². The Kier molecular flexibility index (Phi) is 5.22. The normalized spacial score (nSPS) is 25.6. The summed E-state index contributed by atoms with van der Waals surface area (Å²) in [4.78, 5) is 3.67. The average Bonchev–Trinajstić information content (AvgIpc) is 2.19. The van der Waals surface area contributed by atoms with Gasteiger partial charge in [-0.15, -0.1) is 0 Å². The van der Waals surface area contributed by atoms with E-state index in [1.165, 1.54) is 0 Å². The summed E-state index contributed by atoms with van der Waals surface area (Å²) in [6.45, 7) is 6.96. The van der Waals surface area contributed by atoms with Gasteiger partial charge in [-0.05, 0) is 20.8 Å². The first-order valence-electron chi connectivity index (χ1n) is 6.42. The lowest BCUT2D eigenvalue weighted by Crippen LogP contribution is -2.57. The summed E-state index contributed by atoms with van der Waals surface area (Å²) in [5, 5.41) is 18.8. The van der Waals surface area contributed by atoms with Gasteiger partial charge < -0.3 is 10.2 Å². The minimum atomic E-state index is -4.56. The average molecular weight is 284 g/mol. The zero-order valence-electron chi connectivity index (χ0n) is 11.6. The Morgan fingerprint density at radius 3 is 2.26 bits per heavy atom. The molecule has 2 N–H and O–H groups in total. The first kappa shape index (κ1) is 16.7. The summed E-state index contributed by atoms with van der Waals surface area (Å²) in [6, 6.07) is 0.0561. The fraction of sp³-hybridized carbons (Fsp3) is 1.00. The van der Waals surface area contributed by atoms with Gasteiger partial charge in [0.25, 0.3) is 0 Å². The van der Waals surface area contributed by atoms with Crippen molar-refractivity contribution < 1.29 is 23.4 Å². The van der Waals surface area contributed by atoms with Gasteiger partial charge >= 0.3 is 6.18 Å². The van der Waals surface area contributed by atoms with Crippen molar-refractivity contribution in [1.82, 2.24) is 9.80 Å². The number of hydrogen-bond acceptors (Lipinski definition) is 4. The highest BCUT2D eigenvalue weighted by Crippen LogP contribution is 2.22. The summed E-state index contributed by atoms with van der Waals surface area (Å²) in [5.74, 6) is 0. The number of halogens is 3. The van der Waals surface area contributed by atoms with Crippen LogP contribution in [0.5, 0.6) is 0 Å². The number of rotatable bonds is 4. The Balaban J connectivity index is 2.46. The molecule has 0 aliphatic carbocycles. The maximum atomic E-state index is 12.3. The van der Waals surface area contributed by atoms with Crippen molar-refractivity contribution in [2.45, 2.75) is 44.7 Å². The summed E-state index contributed by atoms with van der Waals surface area (Å²) in [7, 11) is 0. The predicted octanol–water partition coefficient (Wildman–Crippen LogP) is 0.687. The monoisotopic (exact) mass is 284 g/mol. The molecular weight excluding hydrogens is 261 g/mol. The zero-order valence-corrected chi connectivity index (χ0v) is 11.6. The number of alkyl halides is 3. The van der Waals surface area contributed by atoms with Crippen molar-refractivity contribution in [3.05, 3.63) is 0 Å². The van der Waals surface area contributed by atoms with Crippen LogP contribution < -0.4 is 0 Å². The Labute approximate surface area is 111 Å². The van der Waals surface area contributed by atoms with Crippen LogP contribution in [0.2, 0.25) is 0 Å². The van der Waals surface area contributed by atoms with Crippen LogP contribution in [0.1, 0.15) is 20.8 Å². The van der Waals surface area contributed by atoms with Gasteiger partial charge in [0.1, 0.15) is 0 Å². The number of aliphatic hydroxyl groups is 2. The number of hydrogen-bond donors (Lipinski definition) is 2. The van der Waals surface area contributed by atoms with Crippen LogP contribution in [0.3, 0.4) is 0 Å². The van der Waals surface area contributed by atoms with Crippen LogP contribution in [0, 0.1) is 0 Å². The fourth-order valence-corrected chi connectivity index (χ4v) is 2.32. The highest BCUT2D eigenvalue weighted by Gasteiger charge is 2.40. The number of piperazine rings is 1. The molecule has 1 fully saturated rings. The molecule has 1 rings (SSSR count). The summed E-state index contributed by atoms with van der Waals surface area (Å²) >= 11 is 0. The lowest BCUT2D eigenvalue weighted by Gasteiger charge is -2.42. The molecule has 1 heterocycles. The van der Waals surface area contributed by atoms with Crippen molar-refractivity contribution in [3.63, 3.8) is 0 Å². The molecular formula is C12H23F3N2O2. The molecule has 0 bridgehead atoms. The van der Waals surface area contributed by atoms with Crippen LogP contribution in [0.25, 0.3) is 0 Å². The zero-order chi connectivity index (χ0) is 14.8. The standard InChI is InChI=1S/C12H23F3N2O2/c1-9-6-16(7-10(18)12(13,14)15)4-5-17(9)8-11(2,3)19/h9-10,18-19H,4-8H2,1-3H3/t9-,10-/m0/s1. The molecule has 1 aliphatic rings. The van der Waals surface area contributed by atoms with Crippen molar-refractivity contribution in [3.8, 4) is 0 Å². The molecule has 2 atom stereocenters. The minimum absolute atomic E-state index is 0.0561. The molecule has 1 aliphatic heterocycles. The molecule has 0 spiro atoms. The van der Waals surface area contributed by atoms with Gasteiger partial charge in [0.15, 0.2) is 6.10 Å². The lowest BCUT2D eigenvalue weighted by molar-refractivity contribution is -0.209. The third kappa shape index (κ3) is 5.64. The van der Waals surface area contributed by atoms with Crippen molar-refractivity contribution in [1.29, 1.82) is 0 Å². The first-order chi connectivity index (χ1) is 8.49. The maximum Gasteiger partial charge on any atom is 0.415 e. The smallest absolute Gasteiger partial charge is 0.389 e. The van der Waals surface area contributed by atoms with Gasteiger partial charge in [0, 0.05) is 38.8 Å². The van der Waals surface area contributed by atoms with Gasteiger partial charge in [-0.2, -0.15) is 13.2 Å². The first-order valence-corrected chi connectivity index (χ1v) is 6.42. The molecule has 1 saturated heterocycles. The van der Waals surface area contributed by atoms with E-state index < -0.39 is 17.9 Å². The van der Waals surface area contributed by atoms with Crippen LogP contribution in [-0.4, -0.2) is 76.7 Å². The highest BCUT2D eigenvalue weighted by atomic mass is 19.4. The molecule has 19 heavy (non-hydrogen) atoms. The van der Waals surface area contributed by atoms with Gasteiger partial charge in [0.2, 0.25) is 0 Å². The fourth-order valence-electron chi connectivity index (χ4n) is 2.32. The minimum Gasteiger partial charge on any atom is -0.389 e. The SMILES string of the molecule is C[C@H]1CN(C[C@H](O)C(F)(F)F)CCN1CC(C)(C)O. The van der Waals surface area contributed by atoms with E-state index in [9.17, 15) is 18.3 Å². The third-order valence-corrected chi connectivity index (χ3v) is 3.25. The summed E-state index contributed by atoms with van der Waals surface area (Å²) in [5.41, 5.74) is -0.818. The largest absolute Gasteiger partial charge is 0.415 e. The van der Waals surface area contributed by atoms with Gasteiger partial charge in [0.05, 0.1) is 5.60 Å². The topological polar surface area (TPSA) is 46.9 Å². The second-order valence-electron chi connectivity index (χ2n) is 5.95. The van der Waals surface area contributed by atoms with E-state index in [-0.39, 0.29) is 12.6 Å².